The normalized spacial score (nSPS) is 21.5. The lowest BCUT2D eigenvalue weighted by molar-refractivity contribution is -0.123. The minimum atomic E-state index is -3.02. The molecule has 0 aromatic heterocycles. The van der Waals surface area contributed by atoms with Crippen LogP contribution in [0.3, 0.4) is 0 Å². The lowest BCUT2D eigenvalue weighted by Gasteiger charge is -2.26. The molecule has 0 saturated carbocycles. The van der Waals surface area contributed by atoms with Crippen molar-refractivity contribution in [1.29, 1.82) is 0 Å². The number of carbonyl (C=O) groups excluding carboxylic acids is 1. The topological polar surface area (TPSA) is 94.1 Å². The van der Waals surface area contributed by atoms with Crippen LogP contribution < -0.4 is 10.1 Å². The fraction of sp³-hybridized carbons (Fsp3) is 0.522. The summed E-state index contributed by atoms with van der Waals surface area (Å²) >= 11 is 0. The Balaban J connectivity index is 1.63. The number of fused-ring (bicyclic) bond motifs is 1. The van der Waals surface area contributed by atoms with Crippen molar-refractivity contribution in [2.45, 2.75) is 38.0 Å². The molecule has 3 aliphatic heterocycles. The molecule has 4 rings (SSSR count). The van der Waals surface area contributed by atoms with Crippen LogP contribution in [0.25, 0.3) is 0 Å². The SMILES string of the molecule is COc1ccc(C2CCOCC2)c2c1N=C(NC(=O)C1CCS(=O)(=O)CC1)C=C=CC2. The number of amidine groups is 1. The van der Waals surface area contributed by atoms with E-state index >= 15 is 0 Å². The van der Waals surface area contributed by atoms with Gasteiger partial charge in [-0.2, -0.15) is 0 Å². The van der Waals surface area contributed by atoms with E-state index in [2.05, 4.69) is 17.1 Å². The molecule has 166 valence electrons. The number of aliphatic imine (C=N–C) groups is 1. The van der Waals surface area contributed by atoms with Crippen LogP contribution in [-0.4, -0.2) is 52.0 Å². The van der Waals surface area contributed by atoms with Gasteiger partial charge in [-0.1, -0.05) is 6.07 Å². The number of methoxy groups -OCH3 is 1. The smallest absolute Gasteiger partial charge is 0.228 e. The minimum absolute atomic E-state index is 0.0540. The summed E-state index contributed by atoms with van der Waals surface area (Å²) in [5, 5.41) is 2.88. The molecule has 3 heterocycles. The largest absolute Gasteiger partial charge is 0.494 e. The Labute approximate surface area is 183 Å². The Bertz CT molecular complexity index is 1030. The van der Waals surface area contributed by atoms with Crippen molar-refractivity contribution in [2.75, 3.05) is 31.8 Å². The monoisotopic (exact) mass is 444 g/mol. The Hall–Kier alpha value is -2.41. The number of sulfone groups is 1. The van der Waals surface area contributed by atoms with Gasteiger partial charge in [-0.15, -0.1) is 5.73 Å². The third kappa shape index (κ3) is 5.09. The van der Waals surface area contributed by atoms with Crippen LogP contribution in [0.2, 0.25) is 0 Å². The Morgan fingerprint density at radius 2 is 1.94 bits per heavy atom. The maximum Gasteiger partial charge on any atom is 0.228 e. The molecule has 0 unspecified atom stereocenters. The van der Waals surface area contributed by atoms with E-state index in [1.54, 1.807) is 13.2 Å². The zero-order valence-corrected chi connectivity index (χ0v) is 18.5. The maximum absolute atomic E-state index is 12.8. The second kappa shape index (κ2) is 9.39. The molecule has 1 aromatic rings. The van der Waals surface area contributed by atoms with E-state index in [0.29, 0.717) is 36.8 Å². The van der Waals surface area contributed by atoms with E-state index in [0.717, 1.165) is 37.3 Å². The van der Waals surface area contributed by atoms with Gasteiger partial charge in [0.25, 0.3) is 0 Å². The summed E-state index contributed by atoms with van der Waals surface area (Å²) in [6.07, 6.45) is 6.90. The van der Waals surface area contributed by atoms with Gasteiger partial charge in [-0.3, -0.25) is 4.79 Å². The number of nitrogens with one attached hydrogen (secondary N) is 1. The Morgan fingerprint density at radius 3 is 2.65 bits per heavy atom. The molecule has 2 saturated heterocycles. The highest BCUT2D eigenvalue weighted by Crippen LogP contribution is 2.40. The van der Waals surface area contributed by atoms with Gasteiger partial charge < -0.3 is 14.8 Å². The molecule has 1 N–H and O–H groups in total. The van der Waals surface area contributed by atoms with E-state index in [1.807, 2.05) is 12.1 Å². The van der Waals surface area contributed by atoms with Gasteiger partial charge in [0.05, 0.1) is 18.6 Å². The van der Waals surface area contributed by atoms with Crippen molar-refractivity contribution in [2.24, 2.45) is 10.9 Å². The van der Waals surface area contributed by atoms with Crippen molar-refractivity contribution in [1.82, 2.24) is 5.32 Å². The first-order valence-corrected chi connectivity index (χ1v) is 12.6. The van der Waals surface area contributed by atoms with Gasteiger partial charge in [0.1, 0.15) is 27.1 Å². The first kappa shape index (κ1) is 21.8. The third-order valence-corrected chi connectivity index (χ3v) is 7.93. The van der Waals surface area contributed by atoms with Gasteiger partial charge in [-0.25, -0.2) is 13.4 Å². The number of hydrogen-bond acceptors (Lipinski definition) is 6. The van der Waals surface area contributed by atoms with Gasteiger partial charge >= 0.3 is 0 Å². The van der Waals surface area contributed by atoms with Crippen molar-refractivity contribution in [3.63, 3.8) is 0 Å². The first-order chi connectivity index (χ1) is 15.0. The summed E-state index contributed by atoms with van der Waals surface area (Å²) in [7, 11) is -1.40. The van der Waals surface area contributed by atoms with Crippen LogP contribution in [0.15, 0.2) is 35.0 Å². The summed E-state index contributed by atoms with van der Waals surface area (Å²) in [5.74, 6) is 1.03. The molecule has 0 radical (unpaired) electrons. The van der Waals surface area contributed by atoms with Crippen molar-refractivity contribution >= 4 is 27.3 Å². The highest BCUT2D eigenvalue weighted by atomic mass is 32.2. The predicted molar refractivity (Wildman–Crippen MR) is 119 cm³/mol. The van der Waals surface area contributed by atoms with Crippen LogP contribution in [0.5, 0.6) is 5.75 Å². The van der Waals surface area contributed by atoms with Crippen LogP contribution in [-0.2, 0) is 25.8 Å². The van der Waals surface area contributed by atoms with Crippen molar-refractivity contribution in [3.8, 4) is 5.75 Å². The van der Waals surface area contributed by atoms with Crippen molar-refractivity contribution < 1.29 is 22.7 Å². The predicted octanol–water partition coefficient (Wildman–Crippen LogP) is 2.83. The summed E-state index contributed by atoms with van der Waals surface area (Å²) in [6, 6.07) is 4.05. The zero-order chi connectivity index (χ0) is 21.8. The van der Waals surface area contributed by atoms with E-state index in [4.69, 9.17) is 14.5 Å². The average molecular weight is 445 g/mol. The maximum atomic E-state index is 12.8. The van der Waals surface area contributed by atoms with E-state index in [-0.39, 0.29) is 23.3 Å². The van der Waals surface area contributed by atoms with Gasteiger partial charge in [-0.05, 0) is 54.9 Å². The number of rotatable bonds is 3. The van der Waals surface area contributed by atoms with Crippen LogP contribution in [0.4, 0.5) is 5.69 Å². The first-order valence-electron chi connectivity index (χ1n) is 10.8. The summed E-state index contributed by atoms with van der Waals surface area (Å²) in [4.78, 5) is 17.5. The third-order valence-electron chi connectivity index (χ3n) is 6.22. The highest BCUT2D eigenvalue weighted by Gasteiger charge is 2.29. The fourth-order valence-corrected chi connectivity index (χ4v) is 5.91. The summed E-state index contributed by atoms with van der Waals surface area (Å²) < 4.78 is 34.4. The lowest BCUT2D eigenvalue weighted by atomic mass is 9.86. The number of benzene rings is 1. The molecule has 31 heavy (non-hydrogen) atoms. The molecular weight excluding hydrogens is 416 g/mol. The quantitative estimate of drug-likeness (QED) is 0.724. The molecule has 0 atom stereocenters. The minimum Gasteiger partial charge on any atom is -0.494 e. The second-order valence-electron chi connectivity index (χ2n) is 8.20. The molecule has 0 spiro atoms. The summed E-state index contributed by atoms with van der Waals surface area (Å²) in [6.45, 7) is 1.51. The molecule has 1 aromatic carbocycles. The number of nitrogens with zero attached hydrogens (tertiary/aromatic N) is 1. The van der Waals surface area contributed by atoms with Gasteiger partial charge in [0.2, 0.25) is 5.91 Å². The second-order valence-corrected chi connectivity index (χ2v) is 10.5. The Kier molecular flexibility index (Phi) is 6.60. The average Bonchev–Trinajstić information content (AvgIpc) is 2.75. The summed E-state index contributed by atoms with van der Waals surface area (Å²) in [5.41, 5.74) is 6.16. The molecule has 7 nitrogen and oxygen atoms in total. The standard InChI is InChI=1S/C23H28N2O5S/c1-29-20-7-6-18(16-8-12-30-13-9-16)19-4-2-3-5-21(24-22(19)20)25-23(26)17-10-14-31(27,28)15-11-17/h2,5-7,16-17H,4,8-15H2,1H3,(H,24,25,26). The van der Waals surface area contributed by atoms with Crippen LogP contribution in [0.1, 0.15) is 42.7 Å². The highest BCUT2D eigenvalue weighted by molar-refractivity contribution is 7.91. The van der Waals surface area contributed by atoms with E-state index < -0.39 is 9.84 Å². The fourth-order valence-electron chi connectivity index (χ4n) is 4.42. The zero-order valence-electron chi connectivity index (χ0n) is 17.7. The number of ether oxygens (including phenoxy) is 2. The Morgan fingerprint density at radius 1 is 1.19 bits per heavy atom. The van der Waals surface area contributed by atoms with Gasteiger partial charge in [0, 0.05) is 31.6 Å². The molecule has 1 amide bonds. The lowest BCUT2D eigenvalue weighted by Crippen LogP contribution is -2.38. The molecular formula is C23H28N2O5S. The van der Waals surface area contributed by atoms with Crippen LogP contribution in [0, 0.1) is 5.92 Å². The molecule has 2 fully saturated rings. The van der Waals surface area contributed by atoms with E-state index in [1.165, 1.54) is 5.56 Å². The number of amides is 1. The number of carbonyl (C=O) groups is 1. The molecule has 3 aliphatic rings. The van der Waals surface area contributed by atoms with E-state index in [9.17, 15) is 13.2 Å². The molecule has 0 aliphatic carbocycles. The van der Waals surface area contributed by atoms with Crippen LogP contribution >= 0.6 is 0 Å². The molecule has 0 bridgehead atoms. The molecule has 8 heteroatoms. The number of hydrogen-bond donors (Lipinski definition) is 1. The van der Waals surface area contributed by atoms with Crippen molar-refractivity contribution in [3.05, 3.63) is 41.1 Å². The van der Waals surface area contributed by atoms with Gasteiger partial charge in [0.15, 0.2) is 0 Å².